The molecule has 134 valence electrons. The van der Waals surface area contributed by atoms with E-state index in [0.717, 1.165) is 11.3 Å². The molecule has 0 saturated carbocycles. The van der Waals surface area contributed by atoms with Crippen molar-refractivity contribution in [3.05, 3.63) is 66.2 Å². The third kappa shape index (κ3) is 3.66. The van der Waals surface area contributed by atoms with Gasteiger partial charge < -0.3 is 14.8 Å². The van der Waals surface area contributed by atoms with Gasteiger partial charge in [-0.3, -0.25) is 4.79 Å². The lowest BCUT2D eigenvalue weighted by atomic mass is 10.1. The predicted octanol–water partition coefficient (Wildman–Crippen LogP) is 2.78. The molecule has 1 unspecified atom stereocenters. The van der Waals surface area contributed by atoms with Crippen molar-refractivity contribution in [2.24, 2.45) is 0 Å². The van der Waals surface area contributed by atoms with Crippen molar-refractivity contribution in [2.75, 3.05) is 14.2 Å². The van der Waals surface area contributed by atoms with E-state index in [1.54, 1.807) is 36.3 Å². The Balaban J connectivity index is 1.75. The molecule has 26 heavy (non-hydrogen) atoms. The Morgan fingerprint density at radius 1 is 1.12 bits per heavy atom. The summed E-state index contributed by atoms with van der Waals surface area (Å²) >= 11 is 0. The van der Waals surface area contributed by atoms with Crippen LogP contribution in [0, 0.1) is 0 Å². The lowest BCUT2D eigenvalue weighted by molar-refractivity contribution is 0.0936. The summed E-state index contributed by atoms with van der Waals surface area (Å²) in [7, 11) is 3.09. The zero-order valence-electron chi connectivity index (χ0n) is 14.8. The number of methoxy groups -OCH3 is 2. The first-order valence-corrected chi connectivity index (χ1v) is 8.10. The second kappa shape index (κ2) is 7.69. The van der Waals surface area contributed by atoms with Gasteiger partial charge in [0.15, 0.2) is 0 Å². The second-order valence-corrected chi connectivity index (χ2v) is 5.69. The minimum Gasteiger partial charge on any atom is -0.497 e. The van der Waals surface area contributed by atoms with Crippen LogP contribution in [0.15, 0.2) is 55.1 Å². The Labute approximate surface area is 151 Å². The van der Waals surface area contributed by atoms with Crippen LogP contribution < -0.4 is 14.8 Å². The van der Waals surface area contributed by atoms with E-state index < -0.39 is 0 Å². The second-order valence-electron chi connectivity index (χ2n) is 5.69. The van der Waals surface area contributed by atoms with Crippen LogP contribution in [0.5, 0.6) is 11.5 Å². The average Bonchev–Trinajstić information content (AvgIpc) is 3.22. The minimum atomic E-state index is -0.228. The molecule has 7 nitrogen and oxygen atoms in total. The summed E-state index contributed by atoms with van der Waals surface area (Å²) in [4.78, 5) is 16.6. The zero-order chi connectivity index (χ0) is 18.5. The van der Waals surface area contributed by atoms with Crippen molar-refractivity contribution in [3.63, 3.8) is 0 Å². The van der Waals surface area contributed by atoms with E-state index in [1.165, 1.54) is 13.4 Å². The van der Waals surface area contributed by atoms with Crippen molar-refractivity contribution in [2.45, 2.75) is 13.0 Å². The molecule has 1 N–H and O–H groups in total. The first-order valence-electron chi connectivity index (χ1n) is 8.10. The molecular weight excluding hydrogens is 332 g/mol. The SMILES string of the molecule is COc1ccc(OC)c(C(=O)NC(C)c2ccc(-n3cncn3)cc2)c1. The van der Waals surface area contributed by atoms with Gasteiger partial charge in [0.05, 0.1) is 31.5 Å². The van der Waals surface area contributed by atoms with Gasteiger partial charge in [0.25, 0.3) is 5.91 Å². The average molecular weight is 352 g/mol. The number of amides is 1. The van der Waals surface area contributed by atoms with Crippen LogP contribution >= 0.6 is 0 Å². The van der Waals surface area contributed by atoms with Crippen LogP contribution in [0.3, 0.4) is 0 Å². The van der Waals surface area contributed by atoms with Gasteiger partial charge in [0.1, 0.15) is 24.2 Å². The quantitative estimate of drug-likeness (QED) is 0.738. The predicted molar refractivity (Wildman–Crippen MR) is 96.8 cm³/mol. The van der Waals surface area contributed by atoms with Crippen LogP contribution in [-0.2, 0) is 0 Å². The van der Waals surface area contributed by atoms with E-state index in [1.807, 2.05) is 31.2 Å². The number of nitrogens with one attached hydrogen (secondary N) is 1. The summed E-state index contributed by atoms with van der Waals surface area (Å²) < 4.78 is 12.1. The van der Waals surface area contributed by atoms with E-state index in [9.17, 15) is 4.79 Å². The largest absolute Gasteiger partial charge is 0.497 e. The van der Waals surface area contributed by atoms with Crippen molar-refractivity contribution < 1.29 is 14.3 Å². The number of nitrogens with zero attached hydrogens (tertiary/aromatic N) is 3. The van der Waals surface area contributed by atoms with Crippen molar-refractivity contribution in [3.8, 4) is 17.2 Å². The molecule has 0 saturated heterocycles. The van der Waals surface area contributed by atoms with Crippen LogP contribution in [-0.4, -0.2) is 34.9 Å². The van der Waals surface area contributed by atoms with E-state index in [-0.39, 0.29) is 11.9 Å². The highest BCUT2D eigenvalue weighted by molar-refractivity contribution is 5.97. The summed E-state index contributed by atoms with van der Waals surface area (Å²) in [6.45, 7) is 1.93. The fourth-order valence-corrected chi connectivity index (χ4v) is 2.61. The highest BCUT2D eigenvalue weighted by Gasteiger charge is 2.16. The number of carbonyl (C=O) groups excluding carboxylic acids is 1. The van der Waals surface area contributed by atoms with Gasteiger partial charge in [0.2, 0.25) is 0 Å². The fourth-order valence-electron chi connectivity index (χ4n) is 2.61. The van der Waals surface area contributed by atoms with Gasteiger partial charge in [-0.1, -0.05) is 12.1 Å². The fraction of sp³-hybridized carbons (Fsp3) is 0.211. The molecule has 0 bridgehead atoms. The van der Waals surface area contributed by atoms with E-state index in [0.29, 0.717) is 17.1 Å². The van der Waals surface area contributed by atoms with Gasteiger partial charge in [-0.25, -0.2) is 9.67 Å². The van der Waals surface area contributed by atoms with Gasteiger partial charge in [0, 0.05) is 0 Å². The summed E-state index contributed by atoms with van der Waals surface area (Å²) in [5, 5.41) is 7.08. The minimum absolute atomic E-state index is 0.178. The van der Waals surface area contributed by atoms with Gasteiger partial charge in [-0.15, -0.1) is 0 Å². The Hall–Kier alpha value is -3.35. The number of aromatic nitrogens is 3. The maximum absolute atomic E-state index is 12.7. The molecule has 7 heteroatoms. The molecule has 2 aromatic carbocycles. The third-order valence-electron chi connectivity index (χ3n) is 4.08. The number of rotatable bonds is 6. The van der Waals surface area contributed by atoms with Crippen LogP contribution in [0.2, 0.25) is 0 Å². The molecule has 1 amide bonds. The van der Waals surface area contributed by atoms with Crippen LogP contribution in [0.4, 0.5) is 0 Å². The monoisotopic (exact) mass is 352 g/mol. The molecule has 0 radical (unpaired) electrons. The summed E-state index contributed by atoms with van der Waals surface area (Å²) in [6.07, 6.45) is 3.12. The van der Waals surface area contributed by atoms with E-state index >= 15 is 0 Å². The maximum Gasteiger partial charge on any atom is 0.255 e. The molecule has 0 aliphatic rings. The lowest BCUT2D eigenvalue weighted by Gasteiger charge is -2.16. The molecule has 3 aromatic rings. The van der Waals surface area contributed by atoms with Crippen LogP contribution in [0.25, 0.3) is 5.69 Å². The standard InChI is InChI=1S/C19H20N4O3/c1-13(14-4-6-15(7-5-14)23-12-20-11-21-23)22-19(24)17-10-16(25-2)8-9-18(17)26-3/h4-13H,1-3H3,(H,22,24). The Morgan fingerprint density at radius 3 is 2.50 bits per heavy atom. The first-order chi connectivity index (χ1) is 12.6. The lowest BCUT2D eigenvalue weighted by Crippen LogP contribution is -2.27. The first kappa shape index (κ1) is 17.5. The summed E-state index contributed by atoms with van der Waals surface area (Å²) in [5.41, 5.74) is 2.31. The number of ether oxygens (including phenoxy) is 2. The number of benzene rings is 2. The Morgan fingerprint density at radius 2 is 1.88 bits per heavy atom. The molecule has 1 heterocycles. The Bertz CT molecular complexity index is 876. The highest BCUT2D eigenvalue weighted by atomic mass is 16.5. The molecule has 0 aliphatic heterocycles. The van der Waals surface area contributed by atoms with Gasteiger partial charge in [-0.05, 0) is 42.8 Å². The smallest absolute Gasteiger partial charge is 0.255 e. The molecule has 1 atom stereocenters. The normalized spacial score (nSPS) is 11.7. The van der Waals surface area contributed by atoms with E-state index in [2.05, 4.69) is 15.4 Å². The van der Waals surface area contributed by atoms with E-state index in [4.69, 9.17) is 9.47 Å². The van der Waals surface area contributed by atoms with Crippen molar-refractivity contribution in [1.82, 2.24) is 20.1 Å². The highest BCUT2D eigenvalue weighted by Crippen LogP contribution is 2.25. The van der Waals surface area contributed by atoms with Gasteiger partial charge in [-0.2, -0.15) is 5.10 Å². The number of hydrogen-bond acceptors (Lipinski definition) is 5. The summed E-state index contributed by atoms with van der Waals surface area (Å²) in [5.74, 6) is 0.867. The van der Waals surface area contributed by atoms with Crippen molar-refractivity contribution >= 4 is 5.91 Å². The van der Waals surface area contributed by atoms with Gasteiger partial charge >= 0.3 is 0 Å². The third-order valence-corrected chi connectivity index (χ3v) is 4.08. The molecule has 1 aromatic heterocycles. The van der Waals surface area contributed by atoms with Crippen molar-refractivity contribution in [1.29, 1.82) is 0 Å². The Kier molecular flexibility index (Phi) is 5.17. The molecule has 0 aliphatic carbocycles. The zero-order valence-corrected chi connectivity index (χ0v) is 14.8. The number of hydrogen-bond donors (Lipinski definition) is 1. The van der Waals surface area contributed by atoms with Crippen LogP contribution in [0.1, 0.15) is 28.9 Å². The number of carbonyl (C=O) groups is 1. The topological polar surface area (TPSA) is 78.3 Å². The molecular formula is C19H20N4O3. The molecule has 0 spiro atoms. The molecule has 3 rings (SSSR count). The maximum atomic E-state index is 12.7. The molecule has 0 fully saturated rings. The summed E-state index contributed by atoms with van der Waals surface area (Å²) in [6, 6.07) is 12.7.